The van der Waals surface area contributed by atoms with Crippen molar-refractivity contribution in [1.29, 1.82) is 0 Å². The number of hydrogen-bond donors (Lipinski definition) is 2. The van der Waals surface area contributed by atoms with Gasteiger partial charge in [0.2, 0.25) is 0 Å². The lowest BCUT2D eigenvalue weighted by molar-refractivity contribution is 0.0938. The van der Waals surface area contributed by atoms with E-state index in [1.165, 1.54) is 24.0 Å². The van der Waals surface area contributed by atoms with Gasteiger partial charge in [-0.05, 0) is 50.8 Å². The molecule has 10 heteroatoms. The number of carbonyl (C=O) groups is 1. The number of pyridine rings is 1. The quantitative estimate of drug-likeness (QED) is 0.368. The first kappa shape index (κ1) is 20.8. The van der Waals surface area contributed by atoms with Crippen molar-refractivity contribution in [2.24, 2.45) is 5.92 Å². The van der Waals surface area contributed by atoms with Crippen LogP contribution in [0.3, 0.4) is 0 Å². The number of thiophene rings is 1. The molecular formula is C24H24N8OS. The third-order valence-corrected chi connectivity index (χ3v) is 7.16. The second-order valence-corrected chi connectivity index (χ2v) is 10.1. The molecule has 0 aromatic carbocycles. The maximum Gasteiger partial charge on any atom is 0.253 e. The van der Waals surface area contributed by atoms with Gasteiger partial charge in [-0.15, -0.1) is 21.5 Å². The first-order chi connectivity index (χ1) is 16.5. The largest absolute Gasteiger partial charge is 0.342 e. The molecule has 0 radical (unpaired) electrons. The standard InChI is InChI=1S/C24H24N8OS/c1-14-3-6-21(34-14)20-9-25-23-19(18-8-28-31(11-18)10-16-4-5-16)7-17(12-32(20)23)24(33)29-15(2)22-26-13-27-30-22/h3,6-9,11-13,15-16H,4-5,10H2,1-2H3,(H,29,33)(H,26,27,30). The fraction of sp³-hybridized carbons (Fsp3) is 0.292. The number of carbonyl (C=O) groups excluding carboxylic acids is 1. The van der Waals surface area contributed by atoms with Crippen molar-refractivity contribution in [3.05, 3.63) is 65.6 Å². The van der Waals surface area contributed by atoms with Crippen molar-refractivity contribution in [2.75, 3.05) is 0 Å². The predicted molar refractivity (Wildman–Crippen MR) is 129 cm³/mol. The van der Waals surface area contributed by atoms with E-state index in [1.807, 2.05) is 40.7 Å². The van der Waals surface area contributed by atoms with Gasteiger partial charge in [0.15, 0.2) is 5.82 Å². The zero-order chi connectivity index (χ0) is 23.2. The molecule has 5 heterocycles. The molecule has 0 spiro atoms. The highest BCUT2D eigenvalue weighted by atomic mass is 32.1. The smallest absolute Gasteiger partial charge is 0.253 e. The first-order valence-corrected chi connectivity index (χ1v) is 12.1. The van der Waals surface area contributed by atoms with Crippen molar-refractivity contribution in [1.82, 2.24) is 39.7 Å². The Hall–Kier alpha value is -3.79. The van der Waals surface area contributed by atoms with E-state index >= 15 is 0 Å². The van der Waals surface area contributed by atoms with Crippen LogP contribution in [0.4, 0.5) is 0 Å². The summed E-state index contributed by atoms with van der Waals surface area (Å²) in [5.74, 6) is 1.13. The fourth-order valence-corrected chi connectivity index (χ4v) is 5.00. The lowest BCUT2D eigenvalue weighted by Gasteiger charge is -2.13. The van der Waals surface area contributed by atoms with Gasteiger partial charge in [-0.3, -0.25) is 13.9 Å². The van der Waals surface area contributed by atoms with Gasteiger partial charge in [0, 0.05) is 34.9 Å². The van der Waals surface area contributed by atoms with Crippen LogP contribution in [0.25, 0.3) is 27.3 Å². The molecule has 0 saturated heterocycles. The Labute approximate surface area is 199 Å². The second kappa shape index (κ2) is 8.21. The molecule has 1 aliphatic carbocycles. The Bertz CT molecular complexity index is 1470. The number of H-pyrrole nitrogens is 1. The molecule has 5 aromatic rings. The van der Waals surface area contributed by atoms with Crippen molar-refractivity contribution in [2.45, 2.75) is 39.3 Å². The molecule has 6 rings (SSSR count). The monoisotopic (exact) mass is 472 g/mol. The highest BCUT2D eigenvalue weighted by Gasteiger charge is 2.23. The van der Waals surface area contributed by atoms with Crippen molar-refractivity contribution < 1.29 is 4.79 Å². The number of rotatable bonds is 7. The summed E-state index contributed by atoms with van der Waals surface area (Å²) in [6.45, 7) is 4.89. The number of fused-ring (bicyclic) bond motifs is 1. The van der Waals surface area contributed by atoms with Crippen LogP contribution in [0.15, 0.2) is 49.3 Å². The van der Waals surface area contributed by atoms with Gasteiger partial charge < -0.3 is 10.3 Å². The number of aromatic amines is 1. The average molecular weight is 473 g/mol. The summed E-state index contributed by atoms with van der Waals surface area (Å²) in [6.07, 6.45) is 11.7. The number of hydrogen-bond acceptors (Lipinski definition) is 6. The van der Waals surface area contributed by atoms with Gasteiger partial charge in [-0.2, -0.15) is 5.10 Å². The molecule has 5 aromatic heterocycles. The first-order valence-electron chi connectivity index (χ1n) is 11.3. The third-order valence-electron chi connectivity index (χ3n) is 6.14. The number of aromatic nitrogens is 7. The Morgan fingerprint density at radius 3 is 2.91 bits per heavy atom. The summed E-state index contributed by atoms with van der Waals surface area (Å²) in [6, 6.07) is 5.78. The molecule has 2 N–H and O–H groups in total. The SMILES string of the molecule is Cc1ccc(-c2cnc3c(-c4cnn(CC5CC5)c4)cc(C(=O)NC(C)c4nnc[nH]4)cn23)s1. The van der Waals surface area contributed by atoms with Crippen molar-refractivity contribution in [3.63, 3.8) is 0 Å². The summed E-state index contributed by atoms with van der Waals surface area (Å²) < 4.78 is 4.00. The minimum absolute atomic E-state index is 0.195. The maximum atomic E-state index is 13.3. The van der Waals surface area contributed by atoms with E-state index in [0.717, 1.165) is 39.8 Å². The molecule has 0 bridgehead atoms. The minimum atomic E-state index is -0.308. The molecule has 1 aliphatic rings. The summed E-state index contributed by atoms with van der Waals surface area (Å²) in [5.41, 5.74) is 4.12. The highest BCUT2D eigenvalue weighted by Crippen LogP contribution is 2.34. The van der Waals surface area contributed by atoms with Crippen molar-refractivity contribution in [3.8, 4) is 21.7 Å². The normalized spacial score (nSPS) is 14.5. The van der Waals surface area contributed by atoms with Crippen molar-refractivity contribution >= 4 is 22.9 Å². The Morgan fingerprint density at radius 2 is 2.18 bits per heavy atom. The minimum Gasteiger partial charge on any atom is -0.342 e. The van der Waals surface area contributed by atoms with Crippen LogP contribution in [0.2, 0.25) is 0 Å². The number of nitrogens with one attached hydrogen (secondary N) is 2. The number of nitrogens with zero attached hydrogens (tertiary/aromatic N) is 6. The summed E-state index contributed by atoms with van der Waals surface area (Å²) in [5, 5.41) is 15.4. The predicted octanol–water partition coefficient (Wildman–Crippen LogP) is 4.25. The van der Waals surface area contributed by atoms with Crippen LogP contribution in [0.5, 0.6) is 0 Å². The Balaban J connectivity index is 1.43. The second-order valence-electron chi connectivity index (χ2n) is 8.85. The van der Waals surface area contributed by atoms with Crippen LogP contribution in [0, 0.1) is 12.8 Å². The van der Waals surface area contributed by atoms with Crippen LogP contribution in [0.1, 0.15) is 46.9 Å². The number of amides is 1. The molecule has 1 amide bonds. The average Bonchev–Trinajstić information content (AvgIpc) is 3.30. The topological polar surface area (TPSA) is 106 Å². The summed E-state index contributed by atoms with van der Waals surface area (Å²) in [7, 11) is 0. The van der Waals surface area contributed by atoms with E-state index in [9.17, 15) is 4.79 Å². The van der Waals surface area contributed by atoms with E-state index in [-0.39, 0.29) is 11.9 Å². The lowest BCUT2D eigenvalue weighted by atomic mass is 10.1. The third kappa shape index (κ3) is 3.90. The van der Waals surface area contributed by atoms with Gasteiger partial charge in [-0.25, -0.2) is 4.98 Å². The molecule has 1 atom stereocenters. The van der Waals surface area contributed by atoms with E-state index in [2.05, 4.69) is 50.9 Å². The van der Waals surface area contributed by atoms with E-state index < -0.39 is 0 Å². The Morgan fingerprint density at radius 1 is 1.29 bits per heavy atom. The van der Waals surface area contributed by atoms with Gasteiger partial charge in [0.05, 0.1) is 34.6 Å². The molecule has 1 saturated carbocycles. The van der Waals surface area contributed by atoms with Gasteiger partial charge in [-0.1, -0.05) is 0 Å². The molecule has 34 heavy (non-hydrogen) atoms. The lowest BCUT2D eigenvalue weighted by Crippen LogP contribution is -2.27. The zero-order valence-corrected chi connectivity index (χ0v) is 19.7. The van der Waals surface area contributed by atoms with Crippen LogP contribution >= 0.6 is 11.3 Å². The van der Waals surface area contributed by atoms with Gasteiger partial charge >= 0.3 is 0 Å². The maximum absolute atomic E-state index is 13.3. The summed E-state index contributed by atoms with van der Waals surface area (Å²) in [4.78, 5) is 23.3. The molecule has 1 fully saturated rings. The zero-order valence-electron chi connectivity index (χ0n) is 18.9. The molecule has 1 unspecified atom stereocenters. The summed E-state index contributed by atoms with van der Waals surface area (Å²) >= 11 is 1.71. The molecule has 0 aliphatic heterocycles. The molecular weight excluding hydrogens is 448 g/mol. The fourth-order valence-electron chi connectivity index (χ4n) is 4.12. The van der Waals surface area contributed by atoms with E-state index in [1.54, 1.807) is 11.3 Å². The number of aryl methyl sites for hydroxylation is 1. The highest BCUT2D eigenvalue weighted by molar-refractivity contribution is 7.15. The van der Waals surface area contributed by atoms with Crippen LogP contribution < -0.4 is 5.32 Å². The van der Waals surface area contributed by atoms with Crippen LogP contribution in [-0.4, -0.2) is 40.3 Å². The van der Waals surface area contributed by atoms with Gasteiger partial charge in [0.25, 0.3) is 5.91 Å². The van der Waals surface area contributed by atoms with E-state index in [4.69, 9.17) is 4.98 Å². The number of imidazole rings is 1. The molecule has 9 nitrogen and oxygen atoms in total. The Kier molecular flexibility index (Phi) is 5.02. The van der Waals surface area contributed by atoms with Gasteiger partial charge in [0.1, 0.15) is 12.0 Å². The van der Waals surface area contributed by atoms with E-state index in [0.29, 0.717) is 11.4 Å². The molecule has 172 valence electrons. The van der Waals surface area contributed by atoms with Crippen LogP contribution in [-0.2, 0) is 6.54 Å².